The second-order valence-electron chi connectivity index (χ2n) is 5.09. The average Bonchev–Trinajstić information content (AvgIpc) is 2.88. The summed E-state index contributed by atoms with van der Waals surface area (Å²) in [5.41, 5.74) is 2.58. The highest BCUT2D eigenvalue weighted by molar-refractivity contribution is 14.1. The molecule has 2 aromatic heterocycles. The maximum Gasteiger partial charge on any atom is 0.226 e. The van der Waals surface area contributed by atoms with Crippen LogP contribution in [-0.4, -0.2) is 20.7 Å². The number of nitrogens with one attached hydrogen (secondary N) is 1. The summed E-state index contributed by atoms with van der Waals surface area (Å²) >= 11 is 5.74. The van der Waals surface area contributed by atoms with Crippen LogP contribution in [0, 0.1) is 10.5 Å². The lowest BCUT2D eigenvalue weighted by atomic mass is 10.2. The average molecular weight is 485 g/mol. The molecular weight excluding hydrogens is 471 g/mol. The number of carbonyl (C=O) groups excluding carboxylic acids is 1. The fraction of sp³-hybridized carbons (Fsp3) is 0.188. The van der Waals surface area contributed by atoms with Gasteiger partial charge in [0.05, 0.1) is 27.5 Å². The fourth-order valence-corrected chi connectivity index (χ4v) is 3.16. The molecule has 1 amide bonds. The molecule has 0 bridgehead atoms. The molecule has 118 valence electrons. The molecule has 7 heteroatoms. The van der Waals surface area contributed by atoms with Crippen LogP contribution in [0.3, 0.4) is 0 Å². The molecule has 3 rings (SSSR count). The first-order valence-corrected chi connectivity index (χ1v) is 8.94. The van der Waals surface area contributed by atoms with Gasteiger partial charge in [-0.05, 0) is 47.7 Å². The van der Waals surface area contributed by atoms with E-state index in [1.54, 1.807) is 12.4 Å². The van der Waals surface area contributed by atoms with Crippen LogP contribution in [0.25, 0.3) is 10.9 Å². The van der Waals surface area contributed by atoms with Crippen LogP contribution in [0.4, 0.5) is 5.69 Å². The monoisotopic (exact) mass is 484 g/mol. The molecule has 1 N–H and O–H groups in total. The first-order chi connectivity index (χ1) is 11.1. The van der Waals surface area contributed by atoms with Crippen LogP contribution < -0.4 is 5.32 Å². The molecule has 3 aromatic rings. The molecule has 0 aliphatic rings. The van der Waals surface area contributed by atoms with Crippen molar-refractivity contribution in [2.75, 3.05) is 5.32 Å². The van der Waals surface area contributed by atoms with Gasteiger partial charge in [-0.25, -0.2) is 0 Å². The number of benzene rings is 1. The van der Waals surface area contributed by atoms with Crippen molar-refractivity contribution < 1.29 is 4.79 Å². The Labute approximate surface area is 155 Å². The lowest BCUT2D eigenvalue weighted by Gasteiger charge is -2.10. The number of anilines is 1. The zero-order chi connectivity index (χ0) is 16.4. The van der Waals surface area contributed by atoms with Crippen molar-refractivity contribution in [1.82, 2.24) is 14.8 Å². The highest BCUT2D eigenvalue weighted by Gasteiger charge is 2.10. The quantitative estimate of drug-likeness (QED) is 0.566. The van der Waals surface area contributed by atoms with Gasteiger partial charge in [0.1, 0.15) is 0 Å². The van der Waals surface area contributed by atoms with Gasteiger partial charge in [-0.15, -0.1) is 0 Å². The van der Waals surface area contributed by atoms with Gasteiger partial charge in [0, 0.05) is 28.2 Å². The SMILES string of the molecule is Cc1c(I)cnn1CCC(=O)Nc1ccc(Br)c2cccnc12. The molecule has 1 aromatic carbocycles. The molecule has 0 radical (unpaired) electrons. The molecule has 0 unspecified atom stereocenters. The highest BCUT2D eigenvalue weighted by Crippen LogP contribution is 2.28. The Kier molecular flexibility index (Phi) is 4.96. The van der Waals surface area contributed by atoms with Crippen LogP contribution in [0.2, 0.25) is 0 Å². The first-order valence-electron chi connectivity index (χ1n) is 7.07. The summed E-state index contributed by atoms with van der Waals surface area (Å²) in [5.74, 6) is -0.0517. The van der Waals surface area contributed by atoms with E-state index in [1.165, 1.54) is 0 Å². The van der Waals surface area contributed by atoms with Crippen molar-refractivity contribution in [2.24, 2.45) is 0 Å². The van der Waals surface area contributed by atoms with Crippen molar-refractivity contribution in [3.05, 3.63) is 50.4 Å². The second kappa shape index (κ2) is 6.96. The minimum atomic E-state index is -0.0517. The van der Waals surface area contributed by atoms with E-state index < -0.39 is 0 Å². The largest absolute Gasteiger partial charge is 0.324 e. The number of hydrogen-bond donors (Lipinski definition) is 1. The Balaban J connectivity index is 1.73. The lowest BCUT2D eigenvalue weighted by Crippen LogP contribution is -2.16. The molecule has 0 aliphatic heterocycles. The van der Waals surface area contributed by atoms with Gasteiger partial charge in [-0.1, -0.05) is 22.0 Å². The van der Waals surface area contributed by atoms with Gasteiger partial charge in [0.15, 0.2) is 0 Å². The minimum Gasteiger partial charge on any atom is -0.324 e. The van der Waals surface area contributed by atoms with Crippen LogP contribution in [0.5, 0.6) is 0 Å². The third-order valence-electron chi connectivity index (χ3n) is 3.58. The number of amides is 1. The Morgan fingerprint density at radius 3 is 2.96 bits per heavy atom. The van der Waals surface area contributed by atoms with Crippen molar-refractivity contribution >= 4 is 61.0 Å². The number of aromatic nitrogens is 3. The van der Waals surface area contributed by atoms with E-state index in [-0.39, 0.29) is 5.91 Å². The number of carbonyl (C=O) groups is 1. The molecule has 0 saturated carbocycles. The van der Waals surface area contributed by atoms with Crippen LogP contribution in [0.1, 0.15) is 12.1 Å². The molecule has 0 fully saturated rings. The zero-order valence-corrected chi connectivity index (χ0v) is 16.1. The van der Waals surface area contributed by atoms with Gasteiger partial charge >= 0.3 is 0 Å². The minimum absolute atomic E-state index is 0.0517. The Morgan fingerprint density at radius 2 is 2.22 bits per heavy atom. The van der Waals surface area contributed by atoms with Crippen molar-refractivity contribution in [3.63, 3.8) is 0 Å². The second-order valence-corrected chi connectivity index (χ2v) is 7.11. The Bertz CT molecular complexity index is 878. The van der Waals surface area contributed by atoms with E-state index in [4.69, 9.17) is 0 Å². The lowest BCUT2D eigenvalue weighted by molar-refractivity contribution is -0.116. The summed E-state index contributed by atoms with van der Waals surface area (Å²) in [6.07, 6.45) is 3.89. The third kappa shape index (κ3) is 3.55. The molecule has 0 saturated heterocycles. The fourth-order valence-electron chi connectivity index (χ4n) is 2.31. The molecule has 2 heterocycles. The summed E-state index contributed by atoms with van der Waals surface area (Å²) < 4.78 is 3.91. The first kappa shape index (κ1) is 16.4. The van der Waals surface area contributed by atoms with Gasteiger partial charge in [-0.2, -0.15) is 5.10 Å². The molecule has 0 aliphatic carbocycles. The van der Waals surface area contributed by atoms with Gasteiger partial charge in [-0.3, -0.25) is 14.5 Å². The molecule has 0 atom stereocenters. The Morgan fingerprint density at radius 1 is 1.39 bits per heavy atom. The van der Waals surface area contributed by atoms with Crippen molar-refractivity contribution in [2.45, 2.75) is 19.9 Å². The van der Waals surface area contributed by atoms with Gasteiger partial charge in [0.25, 0.3) is 0 Å². The normalized spacial score (nSPS) is 10.9. The van der Waals surface area contributed by atoms with Crippen LogP contribution >= 0.6 is 38.5 Å². The van der Waals surface area contributed by atoms with Crippen molar-refractivity contribution in [3.8, 4) is 0 Å². The molecule has 23 heavy (non-hydrogen) atoms. The number of hydrogen-bond acceptors (Lipinski definition) is 3. The maximum absolute atomic E-state index is 12.2. The third-order valence-corrected chi connectivity index (χ3v) is 5.34. The summed E-state index contributed by atoms with van der Waals surface area (Å²) in [6, 6.07) is 7.62. The topological polar surface area (TPSA) is 59.8 Å². The van der Waals surface area contributed by atoms with E-state index in [0.29, 0.717) is 13.0 Å². The maximum atomic E-state index is 12.2. The number of aryl methyl sites for hydroxylation is 1. The van der Waals surface area contributed by atoms with Crippen LogP contribution in [-0.2, 0) is 11.3 Å². The predicted octanol–water partition coefficient (Wildman–Crippen LogP) is 4.14. The van der Waals surface area contributed by atoms with E-state index in [9.17, 15) is 4.79 Å². The van der Waals surface area contributed by atoms with E-state index in [0.717, 1.165) is 30.3 Å². The summed E-state index contributed by atoms with van der Waals surface area (Å²) in [5, 5.41) is 8.18. The van der Waals surface area contributed by atoms with Crippen LogP contribution in [0.15, 0.2) is 41.1 Å². The number of rotatable bonds is 4. The molecule has 5 nitrogen and oxygen atoms in total. The highest BCUT2D eigenvalue weighted by atomic mass is 127. The number of fused-ring (bicyclic) bond motifs is 1. The van der Waals surface area contributed by atoms with Gasteiger partial charge in [0.2, 0.25) is 5.91 Å². The van der Waals surface area contributed by atoms with E-state index in [1.807, 2.05) is 35.9 Å². The van der Waals surface area contributed by atoms with Crippen molar-refractivity contribution in [1.29, 1.82) is 0 Å². The molecule has 0 spiro atoms. The number of nitrogens with zero attached hydrogens (tertiary/aromatic N) is 3. The summed E-state index contributed by atoms with van der Waals surface area (Å²) in [6.45, 7) is 2.56. The number of halogens is 2. The van der Waals surface area contributed by atoms with E-state index >= 15 is 0 Å². The number of pyridine rings is 1. The smallest absolute Gasteiger partial charge is 0.226 e. The summed E-state index contributed by atoms with van der Waals surface area (Å²) in [4.78, 5) is 16.6. The predicted molar refractivity (Wildman–Crippen MR) is 102 cm³/mol. The Hall–Kier alpha value is -1.48. The standard InChI is InChI=1S/C16H14BrIN4O/c1-10-13(18)9-20-22(10)8-6-15(23)21-14-5-4-12(17)11-3-2-7-19-16(11)14/h2-5,7,9H,6,8H2,1H3,(H,21,23). The zero-order valence-electron chi connectivity index (χ0n) is 12.4. The summed E-state index contributed by atoms with van der Waals surface area (Å²) in [7, 11) is 0. The molecular formula is C16H14BrIN4O. The van der Waals surface area contributed by atoms with Gasteiger partial charge < -0.3 is 5.32 Å². The van der Waals surface area contributed by atoms with E-state index in [2.05, 4.69) is 53.9 Å².